The van der Waals surface area contributed by atoms with Gasteiger partial charge in [-0.1, -0.05) is 43.3 Å². The summed E-state index contributed by atoms with van der Waals surface area (Å²) in [5, 5.41) is 3.24. The summed E-state index contributed by atoms with van der Waals surface area (Å²) in [7, 11) is 0. The molecule has 1 heterocycles. The summed E-state index contributed by atoms with van der Waals surface area (Å²) in [5.41, 5.74) is 8.38. The molecule has 0 bridgehead atoms. The van der Waals surface area contributed by atoms with E-state index in [1.165, 1.54) is 0 Å². The molecular formula is C22H27ClN2O3. The van der Waals surface area contributed by atoms with Crippen LogP contribution in [0.2, 0.25) is 0 Å². The molecule has 3 unspecified atom stereocenters. The molecule has 1 aliphatic carbocycles. The molecule has 2 aromatic rings. The van der Waals surface area contributed by atoms with Gasteiger partial charge in [0.25, 0.3) is 0 Å². The maximum absolute atomic E-state index is 12.9. The van der Waals surface area contributed by atoms with Crippen molar-refractivity contribution in [2.45, 2.75) is 31.8 Å². The Morgan fingerprint density at radius 1 is 1.04 bits per heavy atom. The first-order valence-corrected chi connectivity index (χ1v) is 9.64. The second-order valence-electron chi connectivity index (χ2n) is 7.45. The van der Waals surface area contributed by atoms with E-state index < -0.39 is 0 Å². The standard InChI is InChI=1S/C22H26N2O3.ClH/c1-14(20(23)15-5-3-2-4-6-15)22(25)24-21(16-7-8-16)17-9-10-18-19(13-17)27-12-11-26-18;/h2-6,9-10,13-14,16,20-21H,7-8,11-12,23H2,1H3,(H,24,25);1H. The zero-order chi connectivity index (χ0) is 18.8. The predicted octanol–water partition coefficient (Wildman–Crippen LogP) is 3.78. The summed E-state index contributed by atoms with van der Waals surface area (Å²) in [6.07, 6.45) is 2.25. The predicted molar refractivity (Wildman–Crippen MR) is 111 cm³/mol. The minimum atomic E-state index is -0.327. The van der Waals surface area contributed by atoms with Crippen molar-refractivity contribution in [3.63, 3.8) is 0 Å². The van der Waals surface area contributed by atoms with E-state index in [9.17, 15) is 4.79 Å². The van der Waals surface area contributed by atoms with Gasteiger partial charge in [0.2, 0.25) is 5.91 Å². The first-order valence-electron chi connectivity index (χ1n) is 9.64. The fourth-order valence-corrected chi connectivity index (χ4v) is 3.57. The third-order valence-corrected chi connectivity index (χ3v) is 5.45. The van der Waals surface area contributed by atoms with E-state index in [4.69, 9.17) is 15.2 Å². The van der Waals surface area contributed by atoms with E-state index in [0.717, 1.165) is 35.5 Å². The largest absolute Gasteiger partial charge is 0.486 e. The van der Waals surface area contributed by atoms with Crippen molar-refractivity contribution in [3.8, 4) is 11.5 Å². The van der Waals surface area contributed by atoms with E-state index >= 15 is 0 Å². The molecule has 1 saturated carbocycles. The van der Waals surface area contributed by atoms with Crippen molar-refractivity contribution in [1.82, 2.24) is 5.32 Å². The molecule has 2 aliphatic rings. The Labute approximate surface area is 172 Å². The highest BCUT2D eigenvalue weighted by Gasteiger charge is 2.35. The maximum atomic E-state index is 12.9. The van der Waals surface area contributed by atoms with Crippen LogP contribution in [0.15, 0.2) is 48.5 Å². The van der Waals surface area contributed by atoms with Crippen LogP contribution in [-0.4, -0.2) is 19.1 Å². The van der Waals surface area contributed by atoms with Gasteiger partial charge >= 0.3 is 0 Å². The van der Waals surface area contributed by atoms with Gasteiger partial charge in [-0.15, -0.1) is 12.4 Å². The lowest BCUT2D eigenvalue weighted by Crippen LogP contribution is -2.38. The quantitative estimate of drug-likeness (QED) is 0.771. The molecule has 4 rings (SSSR count). The van der Waals surface area contributed by atoms with E-state index in [0.29, 0.717) is 19.1 Å². The number of benzene rings is 2. The highest BCUT2D eigenvalue weighted by Crippen LogP contribution is 2.43. The number of ether oxygens (including phenoxy) is 2. The number of carbonyl (C=O) groups is 1. The summed E-state index contributed by atoms with van der Waals surface area (Å²) in [5.74, 6) is 1.67. The molecule has 28 heavy (non-hydrogen) atoms. The lowest BCUT2D eigenvalue weighted by Gasteiger charge is -2.26. The van der Waals surface area contributed by atoms with Crippen molar-refractivity contribution in [3.05, 3.63) is 59.7 Å². The lowest BCUT2D eigenvalue weighted by atomic mass is 9.93. The topological polar surface area (TPSA) is 73.6 Å². The summed E-state index contributed by atoms with van der Waals surface area (Å²) < 4.78 is 11.3. The lowest BCUT2D eigenvalue weighted by molar-refractivity contribution is -0.126. The van der Waals surface area contributed by atoms with Crippen molar-refractivity contribution in [2.24, 2.45) is 17.6 Å². The zero-order valence-electron chi connectivity index (χ0n) is 16.0. The smallest absolute Gasteiger partial charge is 0.225 e. The van der Waals surface area contributed by atoms with Gasteiger partial charge in [0.15, 0.2) is 11.5 Å². The highest BCUT2D eigenvalue weighted by molar-refractivity contribution is 5.85. The third kappa shape index (κ3) is 4.42. The van der Waals surface area contributed by atoms with Gasteiger partial charge < -0.3 is 20.5 Å². The summed E-state index contributed by atoms with van der Waals surface area (Å²) >= 11 is 0. The molecule has 0 radical (unpaired) electrons. The van der Waals surface area contributed by atoms with Crippen LogP contribution in [-0.2, 0) is 4.79 Å². The van der Waals surface area contributed by atoms with Crippen LogP contribution in [0.5, 0.6) is 11.5 Å². The van der Waals surface area contributed by atoms with Crippen LogP contribution in [0, 0.1) is 11.8 Å². The van der Waals surface area contributed by atoms with Gasteiger partial charge in [0, 0.05) is 6.04 Å². The van der Waals surface area contributed by atoms with Gasteiger partial charge in [-0.2, -0.15) is 0 Å². The SMILES string of the molecule is CC(C(=O)NC(c1ccc2c(c1)OCCO2)C1CC1)C(N)c1ccccc1.Cl. The second-order valence-corrected chi connectivity index (χ2v) is 7.45. The van der Waals surface area contributed by atoms with Crippen LogP contribution < -0.4 is 20.5 Å². The first kappa shape index (κ1) is 20.5. The van der Waals surface area contributed by atoms with Crippen LogP contribution in [0.1, 0.15) is 43.0 Å². The average molecular weight is 403 g/mol. The van der Waals surface area contributed by atoms with E-state index in [1.807, 2.05) is 55.5 Å². The summed E-state index contributed by atoms with van der Waals surface area (Å²) in [6.45, 7) is 3.02. The molecule has 1 aliphatic heterocycles. The Morgan fingerprint density at radius 3 is 2.39 bits per heavy atom. The van der Waals surface area contributed by atoms with E-state index in [-0.39, 0.29) is 36.3 Å². The highest BCUT2D eigenvalue weighted by atomic mass is 35.5. The second kappa shape index (κ2) is 8.84. The van der Waals surface area contributed by atoms with Crippen molar-refractivity contribution < 1.29 is 14.3 Å². The van der Waals surface area contributed by atoms with Crippen LogP contribution in [0.3, 0.4) is 0 Å². The molecule has 0 saturated heterocycles. The molecule has 3 atom stereocenters. The van der Waals surface area contributed by atoms with Crippen molar-refractivity contribution in [2.75, 3.05) is 13.2 Å². The maximum Gasteiger partial charge on any atom is 0.225 e. The van der Waals surface area contributed by atoms with Crippen LogP contribution in [0.25, 0.3) is 0 Å². The summed E-state index contributed by atoms with van der Waals surface area (Å²) in [6, 6.07) is 15.4. The van der Waals surface area contributed by atoms with E-state index in [2.05, 4.69) is 5.32 Å². The Balaban J connectivity index is 0.00000225. The van der Waals surface area contributed by atoms with E-state index in [1.54, 1.807) is 0 Å². The number of amides is 1. The molecule has 0 aromatic heterocycles. The average Bonchev–Trinajstić information content (AvgIpc) is 3.56. The van der Waals surface area contributed by atoms with Crippen LogP contribution >= 0.6 is 12.4 Å². The molecule has 0 spiro atoms. The van der Waals surface area contributed by atoms with Gasteiger partial charge in [0.05, 0.1) is 12.0 Å². The molecule has 5 nitrogen and oxygen atoms in total. The third-order valence-electron chi connectivity index (χ3n) is 5.45. The molecule has 2 aromatic carbocycles. The number of fused-ring (bicyclic) bond motifs is 1. The zero-order valence-corrected chi connectivity index (χ0v) is 16.8. The Morgan fingerprint density at radius 2 is 1.71 bits per heavy atom. The van der Waals surface area contributed by atoms with Gasteiger partial charge in [-0.05, 0) is 42.0 Å². The molecule has 6 heteroatoms. The molecular weight excluding hydrogens is 376 g/mol. The van der Waals surface area contributed by atoms with Crippen molar-refractivity contribution >= 4 is 18.3 Å². The normalized spacial score (nSPS) is 18.4. The number of halogens is 1. The fourth-order valence-electron chi connectivity index (χ4n) is 3.57. The Hall–Kier alpha value is -2.24. The molecule has 1 amide bonds. The number of hydrogen-bond acceptors (Lipinski definition) is 4. The number of nitrogens with one attached hydrogen (secondary N) is 1. The number of hydrogen-bond donors (Lipinski definition) is 2. The van der Waals surface area contributed by atoms with Gasteiger partial charge in [0.1, 0.15) is 13.2 Å². The minimum absolute atomic E-state index is 0. The summed E-state index contributed by atoms with van der Waals surface area (Å²) in [4.78, 5) is 12.9. The van der Waals surface area contributed by atoms with Gasteiger partial charge in [-0.3, -0.25) is 4.79 Å². The fraction of sp³-hybridized carbons (Fsp3) is 0.409. The first-order chi connectivity index (χ1) is 13.1. The Kier molecular flexibility index (Phi) is 6.47. The Bertz CT molecular complexity index is 811. The monoisotopic (exact) mass is 402 g/mol. The number of carbonyl (C=O) groups excluding carboxylic acids is 1. The minimum Gasteiger partial charge on any atom is -0.486 e. The number of nitrogens with two attached hydrogens (primary N) is 1. The van der Waals surface area contributed by atoms with Crippen LogP contribution in [0.4, 0.5) is 0 Å². The number of rotatable bonds is 6. The molecule has 1 fully saturated rings. The molecule has 3 N–H and O–H groups in total. The van der Waals surface area contributed by atoms with Crippen molar-refractivity contribution in [1.29, 1.82) is 0 Å². The van der Waals surface area contributed by atoms with Gasteiger partial charge in [-0.25, -0.2) is 0 Å². The molecule has 150 valence electrons.